The number of hydrogen-bond acceptors (Lipinski definition) is 6. The van der Waals surface area contributed by atoms with Gasteiger partial charge in [-0.15, -0.1) is 11.3 Å². The van der Waals surface area contributed by atoms with E-state index in [1.165, 1.54) is 40.4 Å². The summed E-state index contributed by atoms with van der Waals surface area (Å²) in [7, 11) is -2.28. The molecule has 0 aliphatic carbocycles. The number of amides is 1. The first kappa shape index (κ1) is 23.4. The molecule has 1 atom stereocenters. The van der Waals surface area contributed by atoms with Crippen molar-refractivity contribution < 1.29 is 17.9 Å². The molecule has 1 N–H and O–H groups in total. The van der Waals surface area contributed by atoms with Gasteiger partial charge in [0.1, 0.15) is 11.8 Å². The quantitative estimate of drug-likeness (QED) is 0.554. The zero-order valence-electron chi connectivity index (χ0n) is 19.1. The highest BCUT2D eigenvalue weighted by atomic mass is 32.2. The summed E-state index contributed by atoms with van der Waals surface area (Å²) in [6, 6.07) is 9.66. The van der Waals surface area contributed by atoms with Crippen molar-refractivity contribution in [2.45, 2.75) is 44.6 Å². The highest BCUT2D eigenvalue weighted by Crippen LogP contribution is 2.32. The molecule has 9 heteroatoms. The molecule has 0 radical (unpaired) electrons. The van der Waals surface area contributed by atoms with Crippen molar-refractivity contribution in [3.63, 3.8) is 0 Å². The van der Waals surface area contributed by atoms with Gasteiger partial charge >= 0.3 is 0 Å². The molecule has 1 fully saturated rings. The normalized spacial score (nSPS) is 16.7. The number of aryl methyl sites for hydroxylation is 3. The topological polar surface area (TPSA) is 88.6 Å². The van der Waals surface area contributed by atoms with Crippen molar-refractivity contribution in [2.24, 2.45) is 0 Å². The van der Waals surface area contributed by atoms with Gasteiger partial charge in [-0.05, 0) is 69.0 Å². The van der Waals surface area contributed by atoms with Crippen LogP contribution in [-0.4, -0.2) is 43.3 Å². The number of anilines is 1. The molecule has 174 valence electrons. The Morgan fingerprint density at radius 2 is 1.82 bits per heavy atom. The van der Waals surface area contributed by atoms with Crippen LogP contribution in [0.4, 0.5) is 5.13 Å². The number of rotatable bonds is 6. The molecular weight excluding hydrogens is 458 g/mol. The Balaban J connectivity index is 1.53. The maximum absolute atomic E-state index is 13.2. The van der Waals surface area contributed by atoms with Crippen LogP contribution in [0, 0.1) is 20.8 Å². The van der Waals surface area contributed by atoms with Crippen molar-refractivity contribution in [1.29, 1.82) is 0 Å². The lowest BCUT2D eigenvalue weighted by molar-refractivity contribution is -0.119. The maximum Gasteiger partial charge on any atom is 0.244 e. The Morgan fingerprint density at radius 1 is 1.15 bits per heavy atom. The molecule has 1 aromatic heterocycles. The van der Waals surface area contributed by atoms with Crippen LogP contribution in [0.5, 0.6) is 5.75 Å². The van der Waals surface area contributed by atoms with Gasteiger partial charge in [-0.1, -0.05) is 17.7 Å². The molecule has 0 spiro atoms. The van der Waals surface area contributed by atoms with E-state index in [1.54, 1.807) is 12.1 Å². The second kappa shape index (κ2) is 9.24. The SMILES string of the molecule is COc1ccc(S(=O)(=O)N2CCCC2C(=O)Nc2nc(-c3c(C)cc(C)cc3C)cs2)cc1. The third-order valence-corrected chi connectivity index (χ3v) is 8.52. The van der Waals surface area contributed by atoms with Gasteiger partial charge < -0.3 is 10.1 Å². The number of thiazole rings is 1. The summed E-state index contributed by atoms with van der Waals surface area (Å²) in [5.74, 6) is 0.214. The number of carbonyl (C=O) groups excluding carboxylic acids is 1. The first-order valence-corrected chi connectivity index (χ1v) is 13.0. The summed E-state index contributed by atoms with van der Waals surface area (Å²) in [5, 5.41) is 5.22. The first-order chi connectivity index (χ1) is 15.7. The summed E-state index contributed by atoms with van der Waals surface area (Å²) in [6.07, 6.45) is 1.09. The number of nitrogens with zero attached hydrogens (tertiary/aromatic N) is 2. The lowest BCUT2D eigenvalue weighted by Gasteiger charge is -2.23. The fourth-order valence-corrected chi connectivity index (χ4v) is 6.75. The number of ether oxygens (including phenoxy) is 1. The summed E-state index contributed by atoms with van der Waals surface area (Å²) >= 11 is 1.34. The van der Waals surface area contributed by atoms with Crippen LogP contribution in [0.25, 0.3) is 11.3 Å². The van der Waals surface area contributed by atoms with Gasteiger partial charge in [0.15, 0.2) is 5.13 Å². The van der Waals surface area contributed by atoms with Gasteiger partial charge in [0.2, 0.25) is 15.9 Å². The predicted molar refractivity (Wildman–Crippen MR) is 130 cm³/mol. The number of hydrogen-bond donors (Lipinski definition) is 1. The fraction of sp³-hybridized carbons (Fsp3) is 0.333. The van der Waals surface area contributed by atoms with Crippen molar-refractivity contribution in [3.8, 4) is 17.0 Å². The van der Waals surface area contributed by atoms with E-state index in [2.05, 4.69) is 29.4 Å². The fourth-order valence-electron chi connectivity index (χ4n) is 4.39. The maximum atomic E-state index is 13.2. The summed E-state index contributed by atoms with van der Waals surface area (Å²) in [6.45, 7) is 6.46. The van der Waals surface area contributed by atoms with E-state index in [0.29, 0.717) is 30.3 Å². The minimum atomic E-state index is -3.80. The lowest BCUT2D eigenvalue weighted by Crippen LogP contribution is -2.43. The van der Waals surface area contributed by atoms with Crippen LogP contribution in [-0.2, 0) is 14.8 Å². The molecule has 7 nitrogen and oxygen atoms in total. The summed E-state index contributed by atoms with van der Waals surface area (Å²) < 4.78 is 32.8. The van der Waals surface area contributed by atoms with E-state index >= 15 is 0 Å². The average Bonchev–Trinajstić information content (AvgIpc) is 3.43. The number of methoxy groups -OCH3 is 1. The Kier molecular flexibility index (Phi) is 6.56. The van der Waals surface area contributed by atoms with Crippen LogP contribution in [0.2, 0.25) is 0 Å². The lowest BCUT2D eigenvalue weighted by atomic mass is 9.98. The second-order valence-corrected chi connectivity index (χ2v) is 11.0. The zero-order valence-corrected chi connectivity index (χ0v) is 20.7. The van der Waals surface area contributed by atoms with E-state index < -0.39 is 16.1 Å². The third kappa shape index (κ3) is 4.66. The first-order valence-electron chi connectivity index (χ1n) is 10.7. The molecule has 1 aliphatic rings. The molecule has 0 bridgehead atoms. The van der Waals surface area contributed by atoms with Gasteiger partial charge in [0.05, 0.1) is 17.7 Å². The molecular formula is C24H27N3O4S2. The van der Waals surface area contributed by atoms with Crippen molar-refractivity contribution in [3.05, 3.63) is 58.5 Å². The van der Waals surface area contributed by atoms with Crippen LogP contribution >= 0.6 is 11.3 Å². The van der Waals surface area contributed by atoms with Gasteiger partial charge in [0.25, 0.3) is 0 Å². The van der Waals surface area contributed by atoms with Crippen molar-refractivity contribution in [1.82, 2.24) is 9.29 Å². The Labute approximate surface area is 198 Å². The molecule has 1 unspecified atom stereocenters. The predicted octanol–water partition coefficient (Wildman–Crippen LogP) is 4.54. The van der Waals surface area contributed by atoms with Crippen LogP contribution < -0.4 is 10.1 Å². The molecule has 4 rings (SSSR count). The van der Waals surface area contributed by atoms with Crippen molar-refractivity contribution in [2.75, 3.05) is 19.0 Å². The van der Waals surface area contributed by atoms with E-state index in [4.69, 9.17) is 4.74 Å². The number of aromatic nitrogens is 1. The second-order valence-electron chi connectivity index (χ2n) is 8.25. The monoisotopic (exact) mass is 485 g/mol. The third-order valence-electron chi connectivity index (χ3n) is 5.84. The summed E-state index contributed by atoms with van der Waals surface area (Å²) in [5.41, 5.74) is 5.31. The smallest absolute Gasteiger partial charge is 0.244 e. The standard InChI is InChI=1S/C24H27N3O4S2/c1-15-12-16(2)22(17(3)13-15)20-14-32-24(25-20)26-23(28)21-6-5-11-27(21)33(29,30)19-9-7-18(31-4)8-10-19/h7-10,12-14,21H,5-6,11H2,1-4H3,(H,25,26,28). The van der Waals surface area contributed by atoms with Crippen molar-refractivity contribution >= 4 is 32.4 Å². The average molecular weight is 486 g/mol. The van der Waals surface area contributed by atoms with Crippen LogP contribution in [0.15, 0.2) is 46.7 Å². The molecule has 1 aliphatic heterocycles. The van der Waals surface area contributed by atoms with E-state index in [9.17, 15) is 13.2 Å². The van der Waals surface area contributed by atoms with Gasteiger partial charge in [-0.25, -0.2) is 13.4 Å². The molecule has 1 saturated heterocycles. The molecule has 1 amide bonds. The summed E-state index contributed by atoms with van der Waals surface area (Å²) in [4.78, 5) is 17.8. The Bertz CT molecular complexity index is 1260. The number of carbonyl (C=O) groups is 1. The zero-order chi connectivity index (χ0) is 23.8. The van der Waals surface area contributed by atoms with Crippen LogP contribution in [0.1, 0.15) is 29.5 Å². The van der Waals surface area contributed by atoms with E-state index in [0.717, 1.165) is 22.4 Å². The Morgan fingerprint density at radius 3 is 2.45 bits per heavy atom. The molecule has 2 aromatic carbocycles. The minimum absolute atomic E-state index is 0.143. The number of nitrogens with one attached hydrogen (secondary N) is 1. The van der Waals surface area contributed by atoms with Crippen LogP contribution in [0.3, 0.4) is 0 Å². The number of benzene rings is 2. The van der Waals surface area contributed by atoms with E-state index in [-0.39, 0.29) is 10.8 Å². The Hall–Kier alpha value is -2.75. The molecule has 2 heterocycles. The van der Waals surface area contributed by atoms with E-state index in [1.807, 2.05) is 19.2 Å². The number of sulfonamides is 1. The molecule has 3 aromatic rings. The minimum Gasteiger partial charge on any atom is -0.497 e. The highest BCUT2D eigenvalue weighted by Gasteiger charge is 2.39. The van der Waals surface area contributed by atoms with Gasteiger partial charge in [-0.3, -0.25) is 4.79 Å². The largest absolute Gasteiger partial charge is 0.497 e. The highest BCUT2D eigenvalue weighted by molar-refractivity contribution is 7.89. The molecule has 0 saturated carbocycles. The van der Waals surface area contributed by atoms with Gasteiger partial charge in [0, 0.05) is 17.5 Å². The van der Waals surface area contributed by atoms with Gasteiger partial charge in [-0.2, -0.15) is 4.31 Å². The molecule has 33 heavy (non-hydrogen) atoms.